The van der Waals surface area contributed by atoms with Gasteiger partial charge in [-0.25, -0.2) is 0 Å². The summed E-state index contributed by atoms with van der Waals surface area (Å²) in [4.78, 5) is 0. The lowest BCUT2D eigenvalue weighted by Gasteiger charge is -2.25. The summed E-state index contributed by atoms with van der Waals surface area (Å²) in [5.41, 5.74) is 31.9. The van der Waals surface area contributed by atoms with Crippen molar-refractivity contribution in [3.8, 4) is 173 Å². The van der Waals surface area contributed by atoms with Crippen molar-refractivity contribution in [3.05, 3.63) is 394 Å². The highest BCUT2D eigenvalue weighted by Gasteiger charge is 2.27. The van der Waals surface area contributed by atoms with Gasteiger partial charge in [0.2, 0.25) is 0 Å². The Morgan fingerprint density at radius 3 is 0.556 bits per heavy atom. The maximum atomic E-state index is 6.84. The molecule has 0 radical (unpaired) electrons. The van der Waals surface area contributed by atoms with Crippen molar-refractivity contribution in [3.63, 3.8) is 0 Å². The van der Waals surface area contributed by atoms with Crippen molar-refractivity contribution in [1.29, 1.82) is 0 Å². The second kappa shape index (κ2) is 27.8. The molecule has 16 aromatic rings. The van der Waals surface area contributed by atoms with Gasteiger partial charge in [-0.05, 0) is 204 Å². The minimum Gasteiger partial charge on any atom is -0.497 e. The monoisotopic (exact) mass is 1260 g/mol. The van der Waals surface area contributed by atoms with Crippen LogP contribution in [0.15, 0.2) is 394 Å². The van der Waals surface area contributed by atoms with Gasteiger partial charge in [0.25, 0.3) is 0 Å². The van der Waals surface area contributed by atoms with Crippen LogP contribution in [0.25, 0.3) is 156 Å². The van der Waals surface area contributed by atoms with Crippen LogP contribution in [0, 0.1) is 0 Å². The van der Waals surface area contributed by atoms with Crippen molar-refractivity contribution in [2.24, 2.45) is 0 Å². The zero-order valence-electron chi connectivity index (χ0n) is 54.8. The van der Waals surface area contributed by atoms with Gasteiger partial charge in [0.05, 0.1) is 7.11 Å². The van der Waals surface area contributed by atoms with E-state index in [-0.39, 0.29) is 0 Å². The highest BCUT2D eigenvalue weighted by atomic mass is 16.5. The Morgan fingerprint density at radius 1 is 0.141 bits per heavy atom. The molecule has 2 nitrogen and oxygen atoms in total. The van der Waals surface area contributed by atoms with Crippen LogP contribution < -0.4 is 9.47 Å². The van der Waals surface area contributed by atoms with Crippen LogP contribution in [0.3, 0.4) is 0 Å². The Hall–Kier alpha value is -12.9. The molecule has 0 heterocycles. The quantitative estimate of drug-likeness (QED) is 0.0905. The van der Waals surface area contributed by atoms with Gasteiger partial charge in [-0.1, -0.05) is 346 Å². The Balaban J connectivity index is 0.835. The largest absolute Gasteiger partial charge is 0.497 e. The number of benzene rings is 16. The van der Waals surface area contributed by atoms with Crippen LogP contribution >= 0.6 is 0 Å². The van der Waals surface area contributed by atoms with Crippen molar-refractivity contribution in [2.45, 2.75) is 0 Å². The van der Waals surface area contributed by atoms with Crippen molar-refractivity contribution >= 4 is 0 Å². The van der Waals surface area contributed by atoms with Gasteiger partial charge in [0, 0.05) is 0 Å². The number of ether oxygens (including phenoxy) is 2. The molecule has 0 aliphatic carbocycles. The zero-order valence-corrected chi connectivity index (χ0v) is 54.8. The molecule has 0 bridgehead atoms. The topological polar surface area (TPSA) is 18.5 Å². The summed E-state index contributed by atoms with van der Waals surface area (Å²) in [6, 6.07) is 142. The van der Waals surface area contributed by atoms with Crippen LogP contribution in [-0.2, 0) is 0 Å². The smallest absolute Gasteiger partial charge is 0.127 e. The van der Waals surface area contributed by atoms with E-state index in [4.69, 9.17) is 9.47 Å². The average molecular weight is 1270 g/mol. The van der Waals surface area contributed by atoms with E-state index in [1.165, 1.54) is 33.4 Å². The first-order valence-corrected chi connectivity index (χ1v) is 33.8. The molecule has 0 aliphatic heterocycles. The highest BCUT2D eigenvalue weighted by molar-refractivity contribution is 6.10. The minimum absolute atomic E-state index is 0.743. The summed E-state index contributed by atoms with van der Waals surface area (Å²) in [5.74, 6) is 2.31. The second-order valence-electron chi connectivity index (χ2n) is 24.9. The zero-order chi connectivity index (χ0) is 66.3. The van der Waals surface area contributed by atoms with Gasteiger partial charge in [0.1, 0.15) is 17.2 Å². The van der Waals surface area contributed by atoms with Gasteiger partial charge >= 0.3 is 0 Å². The molecule has 16 aromatic carbocycles. The summed E-state index contributed by atoms with van der Waals surface area (Å²) in [7, 11) is 1.72. The average Bonchev–Trinajstić information content (AvgIpc) is 0.747. The number of rotatable bonds is 17. The normalized spacial score (nSPS) is 11.1. The molecule has 0 N–H and O–H groups in total. The van der Waals surface area contributed by atoms with E-state index in [0.717, 1.165) is 140 Å². The van der Waals surface area contributed by atoms with E-state index >= 15 is 0 Å². The maximum Gasteiger partial charge on any atom is 0.127 e. The van der Waals surface area contributed by atoms with Crippen LogP contribution in [0.5, 0.6) is 17.2 Å². The fourth-order valence-corrected chi connectivity index (χ4v) is 14.3. The van der Waals surface area contributed by atoms with Crippen LogP contribution in [-0.4, -0.2) is 7.11 Å². The first-order valence-electron chi connectivity index (χ1n) is 33.8. The molecule has 16 rings (SSSR count). The lowest BCUT2D eigenvalue weighted by atomic mass is 9.78. The van der Waals surface area contributed by atoms with Crippen LogP contribution in [0.1, 0.15) is 0 Å². The SMILES string of the molecule is COc1ccc(-c2c(-c3ccccc3)cc(-c3ccc(-c4cc(-c5ccccc5)c(-c5ccc(Oc6ccc(-c7c(-c8ccccc8)ccc(-c8ccccc8)c7-c7ccccc7)cc6)cc5)c(-c5ccccc5)c4-c4ccccc4)cc3)c(-c3ccccc3)c2-c2ccccc2)cc1. The third kappa shape index (κ3) is 12.4. The number of hydrogen-bond donors (Lipinski definition) is 0. The highest BCUT2D eigenvalue weighted by Crippen LogP contribution is 2.54. The molecular formula is C97H68O2. The fraction of sp³-hybridized carbons (Fsp3) is 0.0103. The molecule has 0 spiro atoms. The molecule has 0 unspecified atom stereocenters. The van der Waals surface area contributed by atoms with E-state index < -0.39 is 0 Å². The Bertz CT molecular complexity index is 5420. The molecule has 99 heavy (non-hydrogen) atoms. The van der Waals surface area contributed by atoms with Gasteiger partial charge in [-0.15, -0.1) is 0 Å². The number of methoxy groups -OCH3 is 1. The van der Waals surface area contributed by atoms with Gasteiger partial charge < -0.3 is 9.47 Å². The molecule has 2 heteroatoms. The first-order chi connectivity index (χ1) is 49.1. The van der Waals surface area contributed by atoms with E-state index in [1.54, 1.807) is 7.11 Å². The summed E-state index contributed by atoms with van der Waals surface area (Å²) in [6.45, 7) is 0. The molecule has 0 amide bonds. The minimum atomic E-state index is 0.743. The molecule has 0 fully saturated rings. The standard InChI is InChI=1S/C97H68O2/c1-98-81-57-51-79(52-58-81)94-86(69-33-15-4-16-34-69)65-88(92(74-39-21-7-22-40-74)96(94)76-43-25-9-26-44-76)71-47-49-72(50-48-71)89-66-87(70-35-17-5-18-36-70)95(97(77-45-27-10-28-46-77)93(89)75-41-23-8-24-42-75)80-55-61-83(62-56-80)99-82-59-53-78(54-60-82)91-85(68-31-13-3-14-32-68)64-63-84(67-29-11-2-12-30-67)90(91)73-37-19-6-20-38-73/h2-66H,1H3. The third-order valence-electron chi connectivity index (χ3n) is 18.9. The van der Waals surface area contributed by atoms with Gasteiger partial charge in [-0.2, -0.15) is 0 Å². The number of hydrogen-bond acceptors (Lipinski definition) is 2. The fourth-order valence-electron chi connectivity index (χ4n) is 14.3. The molecule has 0 atom stereocenters. The van der Waals surface area contributed by atoms with Crippen molar-refractivity contribution in [2.75, 3.05) is 7.11 Å². The van der Waals surface area contributed by atoms with E-state index in [1.807, 2.05) is 0 Å². The van der Waals surface area contributed by atoms with Crippen molar-refractivity contribution < 1.29 is 9.47 Å². The first kappa shape index (κ1) is 61.0. The van der Waals surface area contributed by atoms with E-state index in [2.05, 4.69) is 394 Å². The van der Waals surface area contributed by atoms with Crippen molar-refractivity contribution in [1.82, 2.24) is 0 Å². The molecule has 0 aliphatic rings. The summed E-state index contributed by atoms with van der Waals surface area (Å²) in [5, 5.41) is 0. The molecule has 0 saturated heterocycles. The lowest BCUT2D eigenvalue weighted by Crippen LogP contribution is -1.99. The maximum absolute atomic E-state index is 6.84. The summed E-state index contributed by atoms with van der Waals surface area (Å²) >= 11 is 0. The summed E-state index contributed by atoms with van der Waals surface area (Å²) in [6.07, 6.45) is 0. The molecule has 0 saturated carbocycles. The third-order valence-corrected chi connectivity index (χ3v) is 18.9. The Kier molecular flexibility index (Phi) is 17.2. The predicted octanol–water partition coefficient (Wildman–Crippen LogP) is 26.8. The Morgan fingerprint density at radius 2 is 0.313 bits per heavy atom. The van der Waals surface area contributed by atoms with Crippen LogP contribution in [0.2, 0.25) is 0 Å². The van der Waals surface area contributed by atoms with E-state index in [0.29, 0.717) is 0 Å². The molecular weight excluding hydrogens is 1200 g/mol. The van der Waals surface area contributed by atoms with Gasteiger partial charge in [0.15, 0.2) is 0 Å². The van der Waals surface area contributed by atoms with Gasteiger partial charge in [-0.3, -0.25) is 0 Å². The lowest BCUT2D eigenvalue weighted by molar-refractivity contribution is 0.415. The van der Waals surface area contributed by atoms with Crippen LogP contribution in [0.4, 0.5) is 0 Å². The molecule has 0 aromatic heterocycles. The predicted molar refractivity (Wildman–Crippen MR) is 416 cm³/mol. The summed E-state index contributed by atoms with van der Waals surface area (Å²) < 4.78 is 12.6. The van der Waals surface area contributed by atoms with E-state index in [9.17, 15) is 0 Å². The second-order valence-corrected chi connectivity index (χ2v) is 24.9. The Labute approximate surface area is 580 Å². The molecule has 468 valence electrons.